The number of hydrogen-bond acceptors (Lipinski definition) is 3. The summed E-state index contributed by atoms with van der Waals surface area (Å²) in [7, 11) is 3.36. The third-order valence-corrected chi connectivity index (χ3v) is 3.02. The topological polar surface area (TPSA) is 61.4 Å². The lowest BCUT2D eigenvalue weighted by atomic mass is 10.1. The molecule has 0 aromatic heterocycles. The second-order valence-electron chi connectivity index (χ2n) is 4.77. The molecule has 1 aliphatic carbocycles. The first-order chi connectivity index (χ1) is 8.04. The third kappa shape index (κ3) is 5.17. The second kappa shape index (κ2) is 6.59. The van der Waals surface area contributed by atoms with E-state index in [-0.39, 0.29) is 17.7 Å². The van der Waals surface area contributed by atoms with Crippen LogP contribution in [0.1, 0.15) is 26.2 Å². The van der Waals surface area contributed by atoms with Gasteiger partial charge < -0.3 is 15.5 Å². The van der Waals surface area contributed by atoms with E-state index in [1.807, 2.05) is 6.92 Å². The van der Waals surface area contributed by atoms with Crippen molar-refractivity contribution in [3.05, 3.63) is 0 Å². The monoisotopic (exact) mass is 241 g/mol. The number of nitrogens with zero attached hydrogens (tertiary/aromatic N) is 1. The van der Waals surface area contributed by atoms with Gasteiger partial charge in [-0.25, -0.2) is 0 Å². The van der Waals surface area contributed by atoms with Gasteiger partial charge in [-0.2, -0.15) is 0 Å². The molecule has 0 bridgehead atoms. The first kappa shape index (κ1) is 14.0. The number of nitrogens with one attached hydrogen (secondary N) is 2. The van der Waals surface area contributed by atoms with E-state index in [2.05, 4.69) is 10.6 Å². The Kier molecular flexibility index (Phi) is 5.41. The van der Waals surface area contributed by atoms with Crippen molar-refractivity contribution >= 4 is 11.8 Å². The Bertz CT molecular complexity index is 277. The Morgan fingerprint density at radius 3 is 2.59 bits per heavy atom. The lowest BCUT2D eigenvalue weighted by molar-refractivity contribution is -0.131. The van der Waals surface area contributed by atoms with Crippen LogP contribution in [0, 0.1) is 5.92 Å². The number of hydrogen-bond donors (Lipinski definition) is 2. The molecule has 1 atom stereocenters. The van der Waals surface area contributed by atoms with Crippen molar-refractivity contribution < 1.29 is 9.59 Å². The van der Waals surface area contributed by atoms with Crippen LogP contribution in [0.25, 0.3) is 0 Å². The van der Waals surface area contributed by atoms with Crippen molar-refractivity contribution in [2.75, 3.05) is 27.2 Å². The first-order valence-corrected chi connectivity index (χ1v) is 6.23. The van der Waals surface area contributed by atoms with Crippen molar-refractivity contribution in [1.82, 2.24) is 15.5 Å². The number of carbonyl (C=O) groups is 2. The number of carbonyl (C=O) groups excluding carboxylic acids is 2. The van der Waals surface area contributed by atoms with Crippen LogP contribution in [0.4, 0.5) is 0 Å². The van der Waals surface area contributed by atoms with E-state index in [9.17, 15) is 9.59 Å². The molecule has 1 unspecified atom stereocenters. The molecule has 2 N–H and O–H groups in total. The molecule has 0 aromatic carbocycles. The molecule has 98 valence electrons. The molecule has 5 nitrogen and oxygen atoms in total. The maximum atomic E-state index is 11.7. The fourth-order valence-corrected chi connectivity index (χ4v) is 1.70. The van der Waals surface area contributed by atoms with E-state index >= 15 is 0 Å². The summed E-state index contributed by atoms with van der Waals surface area (Å²) in [6, 6.07) is 0.637. The molecule has 17 heavy (non-hydrogen) atoms. The summed E-state index contributed by atoms with van der Waals surface area (Å²) in [5.41, 5.74) is 0. The molecule has 1 aliphatic rings. The van der Waals surface area contributed by atoms with E-state index in [0.29, 0.717) is 19.0 Å². The Hall–Kier alpha value is -1.10. The fraction of sp³-hybridized carbons (Fsp3) is 0.833. The van der Waals surface area contributed by atoms with Crippen molar-refractivity contribution in [2.45, 2.75) is 32.2 Å². The standard InChI is InChI=1S/C12H23N3O2/c1-9(12(17)13-2)8-15(3)11(16)6-7-14-10-4-5-10/h9-10,14H,4-8H2,1-3H3,(H,13,17). The highest BCUT2D eigenvalue weighted by Gasteiger charge is 2.21. The molecule has 5 heteroatoms. The maximum absolute atomic E-state index is 11.7. The minimum absolute atomic E-state index is 0.0271. The van der Waals surface area contributed by atoms with Crippen molar-refractivity contribution in [3.8, 4) is 0 Å². The van der Waals surface area contributed by atoms with Crippen LogP contribution in [0.15, 0.2) is 0 Å². The summed E-state index contributed by atoms with van der Waals surface area (Å²) in [6.07, 6.45) is 2.98. The van der Waals surface area contributed by atoms with Crippen LogP contribution in [-0.4, -0.2) is 49.9 Å². The summed E-state index contributed by atoms with van der Waals surface area (Å²) in [4.78, 5) is 24.7. The zero-order chi connectivity index (χ0) is 12.8. The molecule has 0 aliphatic heterocycles. The summed E-state index contributed by atoms with van der Waals surface area (Å²) >= 11 is 0. The van der Waals surface area contributed by atoms with Crippen LogP contribution in [0.3, 0.4) is 0 Å². The zero-order valence-electron chi connectivity index (χ0n) is 11.0. The highest BCUT2D eigenvalue weighted by atomic mass is 16.2. The largest absolute Gasteiger partial charge is 0.359 e. The summed E-state index contributed by atoms with van der Waals surface area (Å²) in [5, 5.41) is 5.89. The van der Waals surface area contributed by atoms with E-state index in [0.717, 1.165) is 6.54 Å². The minimum atomic E-state index is -0.162. The molecule has 0 spiro atoms. The molecular formula is C12H23N3O2. The van der Waals surface area contributed by atoms with Crippen LogP contribution >= 0.6 is 0 Å². The Balaban J connectivity index is 2.17. The van der Waals surface area contributed by atoms with Gasteiger partial charge in [-0.05, 0) is 12.8 Å². The van der Waals surface area contributed by atoms with Crippen molar-refractivity contribution in [1.29, 1.82) is 0 Å². The molecule has 1 fully saturated rings. The molecule has 1 rings (SSSR count). The van der Waals surface area contributed by atoms with Crippen LogP contribution in [0.5, 0.6) is 0 Å². The normalized spacial score (nSPS) is 16.4. The predicted molar refractivity (Wildman–Crippen MR) is 66.5 cm³/mol. The van der Waals surface area contributed by atoms with Crippen LogP contribution in [0.2, 0.25) is 0 Å². The van der Waals surface area contributed by atoms with Gasteiger partial charge in [0.25, 0.3) is 0 Å². The van der Waals surface area contributed by atoms with Gasteiger partial charge in [0, 0.05) is 39.6 Å². The van der Waals surface area contributed by atoms with E-state index in [4.69, 9.17) is 0 Å². The van der Waals surface area contributed by atoms with E-state index < -0.39 is 0 Å². The molecule has 2 amide bonds. The quantitative estimate of drug-likeness (QED) is 0.658. The Morgan fingerprint density at radius 2 is 2.06 bits per heavy atom. The smallest absolute Gasteiger partial charge is 0.224 e. The SMILES string of the molecule is CNC(=O)C(C)CN(C)C(=O)CCNC1CC1. The van der Waals surface area contributed by atoms with Gasteiger partial charge in [-0.1, -0.05) is 6.92 Å². The molecule has 0 saturated heterocycles. The third-order valence-electron chi connectivity index (χ3n) is 3.02. The average molecular weight is 241 g/mol. The lowest BCUT2D eigenvalue weighted by Crippen LogP contribution is -2.38. The van der Waals surface area contributed by atoms with E-state index in [1.54, 1.807) is 19.0 Å². The number of rotatable bonds is 7. The Morgan fingerprint density at radius 1 is 1.41 bits per heavy atom. The summed E-state index contributed by atoms with van der Waals surface area (Å²) in [5.74, 6) is -0.0972. The molecule has 1 saturated carbocycles. The van der Waals surface area contributed by atoms with Gasteiger partial charge in [-0.3, -0.25) is 9.59 Å². The Labute approximate surface area is 103 Å². The molecular weight excluding hydrogens is 218 g/mol. The predicted octanol–water partition coefficient (Wildman–Crippen LogP) is -0.0310. The summed E-state index contributed by atoms with van der Waals surface area (Å²) < 4.78 is 0. The maximum Gasteiger partial charge on any atom is 0.224 e. The summed E-state index contributed by atoms with van der Waals surface area (Å²) in [6.45, 7) is 3.04. The van der Waals surface area contributed by atoms with Gasteiger partial charge in [0.15, 0.2) is 0 Å². The van der Waals surface area contributed by atoms with Gasteiger partial charge in [0.1, 0.15) is 0 Å². The fourth-order valence-electron chi connectivity index (χ4n) is 1.70. The van der Waals surface area contributed by atoms with Crippen molar-refractivity contribution in [3.63, 3.8) is 0 Å². The van der Waals surface area contributed by atoms with Gasteiger partial charge in [0.05, 0.1) is 5.92 Å². The van der Waals surface area contributed by atoms with Gasteiger partial charge in [-0.15, -0.1) is 0 Å². The second-order valence-corrected chi connectivity index (χ2v) is 4.77. The number of amides is 2. The van der Waals surface area contributed by atoms with Gasteiger partial charge >= 0.3 is 0 Å². The van der Waals surface area contributed by atoms with E-state index in [1.165, 1.54) is 12.8 Å². The highest BCUT2D eigenvalue weighted by molar-refractivity contribution is 5.80. The molecule has 0 aromatic rings. The molecule has 0 heterocycles. The lowest BCUT2D eigenvalue weighted by Gasteiger charge is -2.20. The van der Waals surface area contributed by atoms with Crippen LogP contribution in [-0.2, 0) is 9.59 Å². The average Bonchev–Trinajstić information content (AvgIpc) is 3.11. The van der Waals surface area contributed by atoms with Crippen molar-refractivity contribution in [2.24, 2.45) is 5.92 Å². The van der Waals surface area contributed by atoms with Gasteiger partial charge in [0.2, 0.25) is 11.8 Å². The highest BCUT2D eigenvalue weighted by Crippen LogP contribution is 2.18. The zero-order valence-corrected chi connectivity index (χ0v) is 11.0. The van der Waals surface area contributed by atoms with Crippen LogP contribution < -0.4 is 10.6 Å². The minimum Gasteiger partial charge on any atom is -0.359 e. The molecule has 0 radical (unpaired) electrons. The first-order valence-electron chi connectivity index (χ1n) is 6.23.